The molecule has 0 fully saturated rings. The van der Waals surface area contributed by atoms with E-state index in [2.05, 4.69) is 10.4 Å². The van der Waals surface area contributed by atoms with E-state index in [9.17, 15) is 9.18 Å². The highest BCUT2D eigenvalue weighted by Crippen LogP contribution is 2.42. The Hall–Kier alpha value is -1.82. The van der Waals surface area contributed by atoms with E-state index in [4.69, 9.17) is 0 Å². The third-order valence-electron chi connectivity index (χ3n) is 3.32. The summed E-state index contributed by atoms with van der Waals surface area (Å²) >= 11 is 1.49. The van der Waals surface area contributed by atoms with Crippen molar-refractivity contribution in [3.63, 3.8) is 0 Å². The van der Waals surface area contributed by atoms with Crippen molar-refractivity contribution >= 4 is 23.5 Å². The molecular weight excluding hydrogens is 277 g/mol. The van der Waals surface area contributed by atoms with Gasteiger partial charge in [-0.15, -0.1) is 11.8 Å². The largest absolute Gasteiger partial charge is 0.310 e. The zero-order chi connectivity index (χ0) is 14.3. The smallest absolute Gasteiger partial charge is 0.235 e. The minimum absolute atomic E-state index is 0.0573. The molecule has 2 heterocycles. The fourth-order valence-electron chi connectivity index (χ4n) is 2.48. The van der Waals surface area contributed by atoms with Gasteiger partial charge in [-0.1, -0.05) is 12.1 Å². The molecule has 0 radical (unpaired) electrons. The first-order chi connectivity index (χ1) is 9.56. The Morgan fingerprint density at radius 1 is 1.50 bits per heavy atom. The van der Waals surface area contributed by atoms with Gasteiger partial charge in [0, 0.05) is 12.6 Å². The van der Waals surface area contributed by atoms with Crippen molar-refractivity contribution in [2.45, 2.75) is 12.2 Å². The molecule has 0 bridgehead atoms. The van der Waals surface area contributed by atoms with Crippen LogP contribution in [0.4, 0.5) is 10.2 Å². The molecule has 1 aliphatic heterocycles. The van der Waals surface area contributed by atoms with E-state index in [1.54, 1.807) is 17.8 Å². The average Bonchev–Trinajstić information content (AvgIpc) is 2.59. The molecule has 3 rings (SSSR count). The fraction of sp³-hybridized carbons (Fsp3) is 0.286. The minimum atomic E-state index is -0.269. The number of carbonyl (C=O) groups is 1. The van der Waals surface area contributed by atoms with Crippen LogP contribution in [0.25, 0.3) is 0 Å². The molecule has 1 atom stereocenters. The monoisotopic (exact) mass is 291 g/mol. The lowest BCUT2D eigenvalue weighted by Crippen LogP contribution is -2.15. The Bertz CT molecular complexity index is 683. The van der Waals surface area contributed by atoms with E-state index in [1.807, 2.05) is 13.0 Å². The maximum Gasteiger partial charge on any atom is 0.235 e. The molecule has 1 aliphatic rings. The van der Waals surface area contributed by atoms with Crippen LogP contribution >= 0.6 is 11.8 Å². The van der Waals surface area contributed by atoms with Crippen molar-refractivity contribution in [2.24, 2.45) is 7.05 Å². The predicted octanol–water partition coefficient (Wildman–Crippen LogP) is 2.64. The van der Waals surface area contributed by atoms with Crippen LogP contribution in [0.1, 0.15) is 22.1 Å². The van der Waals surface area contributed by atoms with E-state index < -0.39 is 0 Å². The Kier molecular flexibility index (Phi) is 3.25. The third kappa shape index (κ3) is 2.20. The molecule has 6 heteroatoms. The molecule has 0 saturated carbocycles. The average molecular weight is 291 g/mol. The summed E-state index contributed by atoms with van der Waals surface area (Å²) in [6.07, 6.45) is 0. The van der Waals surface area contributed by atoms with Crippen LogP contribution in [0, 0.1) is 12.7 Å². The number of nitrogens with zero attached hydrogens (tertiary/aromatic N) is 2. The van der Waals surface area contributed by atoms with E-state index in [0.29, 0.717) is 11.6 Å². The van der Waals surface area contributed by atoms with Crippen LogP contribution in [0.2, 0.25) is 0 Å². The van der Waals surface area contributed by atoms with Crippen molar-refractivity contribution < 1.29 is 9.18 Å². The first-order valence-corrected chi connectivity index (χ1v) is 7.31. The second kappa shape index (κ2) is 4.94. The second-order valence-electron chi connectivity index (χ2n) is 4.77. The molecule has 1 aromatic carbocycles. The summed E-state index contributed by atoms with van der Waals surface area (Å²) < 4.78 is 15.1. The molecule has 1 amide bonds. The van der Waals surface area contributed by atoms with Crippen LogP contribution in [0.5, 0.6) is 0 Å². The zero-order valence-corrected chi connectivity index (χ0v) is 12.0. The lowest BCUT2D eigenvalue weighted by molar-refractivity contribution is -0.113. The summed E-state index contributed by atoms with van der Waals surface area (Å²) in [5.74, 6) is 0.717. The molecule has 1 N–H and O–H groups in total. The molecule has 20 heavy (non-hydrogen) atoms. The summed E-state index contributed by atoms with van der Waals surface area (Å²) in [5, 5.41) is 7.15. The Morgan fingerprint density at radius 3 is 3.05 bits per heavy atom. The summed E-state index contributed by atoms with van der Waals surface area (Å²) in [4.78, 5) is 11.8. The molecular formula is C14H14FN3OS. The normalized spacial score (nSPS) is 18.4. The van der Waals surface area contributed by atoms with Crippen molar-refractivity contribution in [2.75, 3.05) is 11.1 Å². The topological polar surface area (TPSA) is 46.9 Å². The van der Waals surface area contributed by atoms with Crippen LogP contribution in [0.3, 0.4) is 0 Å². The number of amides is 1. The third-order valence-corrected chi connectivity index (χ3v) is 4.59. The number of hydrogen-bond acceptors (Lipinski definition) is 3. The fourth-order valence-corrected chi connectivity index (χ4v) is 3.66. The number of nitrogens with one attached hydrogen (secondary N) is 1. The van der Waals surface area contributed by atoms with E-state index in [-0.39, 0.29) is 17.0 Å². The van der Waals surface area contributed by atoms with Gasteiger partial charge in [-0.3, -0.25) is 9.48 Å². The molecule has 0 unspecified atom stereocenters. The predicted molar refractivity (Wildman–Crippen MR) is 77.3 cm³/mol. The second-order valence-corrected chi connectivity index (χ2v) is 5.86. The van der Waals surface area contributed by atoms with Gasteiger partial charge in [-0.2, -0.15) is 5.10 Å². The number of fused-ring (bicyclic) bond motifs is 1. The summed E-state index contributed by atoms with van der Waals surface area (Å²) in [7, 11) is 1.80. The molecule has 0 spiro atoms. The Morgan fingerprint density at radius 2 is 2.30 bits per heavy atom. The van der Waals surface area contributed by atoms with Gasteiger partial charge in [0.15, 0.2) is 0 Å². The first-order valence-electron chi connectivity index (χ1n) is 6.26. The maximum absolute atomic E-state index is 13.5. The first kappa shape index (κ1) is 13.2. The lowest BCUT2D eigenvalue weighted by atomic mass is 10.0. The minimum Gasteiger partial charge on any atom is -0.310 e. The number of rotatable bonds is 1. The van der Waals surface area contributed by atoms with Crippen molar-refractivity contribution in [1.82, 2.24) is 9.78 Å². The number of anilines is 1. The maximum atomic E-state index is 13.5. The van der Waals surface area contributed by atoms with E-state index >= 15 is 0 Å². The number of aromatic nitrogens is 2. The van der Waals surface area contributed by atoms with Gasteiger partial charge in [0.25, 0.3) is 0 Å². The molecule has 2 aromatic rings. The highest BCUT2D eigenvalue weighted by atomic mass is 32.2. The molecule has 0 aliphatic carbocycles. The van der Waals surface area contributed by atoms with Crippen molar-refractivity contribution in [3.8, 4) is 0 Å². The highest BCUT2D eigenvalue weighted by molar-refractivity contribution is 8.00. The summed E-state index contributed by atoms with van der Waals surface area (Å²) in [6, 6.07) is 6.51. The number of halogens is 1. The van der Waals surface area contributed by atoms with Crippen LogP contribution < -0.4 is 5.32 Å². The number of hydrogen-bond donors (Lipinski definition) is 1. The molecule has 0 saturated heterocycles. The zero-order valence-electron chi connectivity index (χ0n) is 11.2. The van der Waals surface area contributed by atoms with Crippen molar-refractivity contribution in [3.05, 3.63) is 46.9 Å². The van der Waals surface area contributed by atoms with Gasteiger partial charge < -0.3 is 5.32 Å². The van der Waals surface area contributed by atoms with E-state index in [0.717, 1.165) is 16.8 Å². The van der Waals surface area contributed by atoms with Gasteiger partial charge >= 0.3 is 0 Å². The quantitative estimate of drug-likeness (QED) is 0.878. The van der Waals surface area contributed by atoms with Gasteiger partial charge in [0.05, 0.1) is 16.7 Å². The van der Waals surface area contributed by atoms with Gasteiger partial charge in [-0.25, -0.2) is 4.39 Å². The van der Waals surface area contributed by atoms with Crippen LogP contribution in [-0.2, 0) is 11.8 Å². The SMILES string of the molecule is Cc1nn(C)c2c1[C@H](c1cccc(F)c1)SCC(=O)N2. The summed E-state index contributed by atoms with van der Waals surface area (Å²) in [5.41, 5.74) is 2.66. The standard InChI is InChI=1S/C14H14FN3OS/c1-8-12-13(9-4-3-5-10(15)6-9)20-7-11(19)16-14(12)18(2)17-8/h3-6,13H,7H2,1-2H3,(H,16,19)/t13-/m0/s1. The Labute approximate surface area is 120 Å². The van der Waals surface area contributed by atoms with E-state index in [1.165, 1.54) is 23.9 Å². The number of carbonyl (C=O) groups excluding carboxylic acids is 1. The lowest BCUT2D eigenvalue weighted by Gasteiger charge is -2.15. The number of aryl methyl sites for hydroxylation is 2. The summed E-state index contributed by atoms with van der Waals surface area (Å²) in [6.45, 7) is 1.91. The van der Waals surface area contributed by atoms with Gasteiger partial charge in [0.1, 0.15) is 11.6 Å². The highest BCUT2D eigenvalue weighted by Gasteiger charge is 2.29. The molecule has 104 valence electrons. The van der Waals surface area contributed by atoms with Crippen LogP contribution in [-0.4, -0.2) is 21.4 Å². The molecule has 1 aromatic heterocycles. The molecule has 4 nitrogen and oxygen atoms in total. The number of thioether (sulfide) groups is 1. The van der Waals surface area contributed by atoms with Crippen molar-refractivity contribution in [1.29, 1.82) is 0 Å². The Balaban J connectivity index is 2.15. The van der Waals surface area contributed by atoms with Gasteiger partial charge in [-0.05, 0) is 24.6 Å². The van der Waals surface area contributed by atoms with Gasteiger partial charge in [0.2, 0.25) is 5.91 Å². The van der Waals surface area contributed by atoms with Crippen LogP contribution in [0.15, 0.2) is 24.3 Å². The number of benzene rings is 1.